The van der Waals surface area contributed by atoms with Gasteiger partial charge in [-0.2, -0.15) is 10.1 Å². The van der Waals surface area contributed by atoms with Gasteiger partial charge in [0.25, 0.3) is 5.91 Å². The number of aryl methyl sites for hydroxylation is 3. The largest absolute Gasteiger partial charge is 0.367 e. The van der Waals surface area contributed by atoms with Crippen LogP contribution in [-0.2, 0) is 36.1 Å². The third-order valence-electron chi connectivity index (χ3n) is 9.65. The molecule has 3 N–H and O–H groups in total. The number of carbonyl (C=O) groups excluding carboxylic acids is 3. The SMILES string of the molecule is Cc1cccc(C)c1Nc1nn(C)c2nc(Nc3ccc4c(c3)CN(c3ccc5c(c3)CN(C3CCC(=O)NC3=O)C5=O)CC4)ncc12. The fourth-order valence-electron chi connectivity index (χ4n) is 7.06. The van der Waals surface area contributed by atoms with Crippen LogP contribution >= 0.6 is 0 Å². The number of fused-ring (bicyclic) bond motifs is 3. The van der Waals surface area contributed by atoms with Gasteiger partial charge in [0.2, 0.25) is 17.8 Å². The van der Waals surface area contributed by atoms with Crippen molar-refractivity contribution in [1.29, 1.82) is 0 Å². The summed E-state index contributed by atoms with van der Waals surface area (Å²) in [5.41, 5.74) is 9.98. The first-order valence-electron chi connectivity index (χ1n) is 16.2. The van der Waals surface area contributed by atoms with E-state index in [0.717, 1.165) is 57.8 Å². The van der Waals surface area contributed by atoms with Crippen LogP contribution in [0.5, 0.6) is 0 Å². The molecule has 2 aromatic heterocycles. The van der Waals surface area contributed by atoms with Crippen LogP contribution in [0.3, 0.4) is 0 Å². The van der Waals surface area contributed by atoms with Crippen LogP contribution in [-0.4, -0.2) is 55.0 Å². The molecule has 3 aliphatic heterocycles. The molecule has 1 atom stereocenters. The number of rotatable bonds is 6. The summed E-state index contributed by atoms with van der Waals surface area (Å²) in [4.78, 5) is 50.6. The Bertz CT molecular complexity index is 2140. The molecule has 0 radical (unpaired) electrons. The van der Waals surface area contributed by atoms with E-state index < -0.39 is 11.9 Å². The van der Waals surface area contributed by atoms with Crippen LogP contribution < -0.4 is 20.9 Å². The van der Waals surface area contributed by atoms with Gasteiger partial charge in [0.1, 0.15) is 6.04 Å². The Morgan fingerprint density at radius 3 is 2.54 bits per heavy atom. The highest BCUT2D eigenvalue weighted by atomic mass is 16.2. The Morgan fingerprint density at radius 1 is 0.896 bits per heavy atom. The van der Waals surface area contributed by atoms with Crippen LogP contribution in [0.4, 0.5) is 28.8 Å². The molecule has 3 aliphatic rings. The molecule has 3 aromatic carbocycles. The van der Waals surface area contributed by atoms with Crippen molar-refractivity contribution in [2.45, 2.75) is 52.2 Å². The highest BCUT2D eigenvalue weighted by Crippen LogP contribution is 2.34. The molecule has 1 unspecified atom stereocenters. The van der Waals surface area contributed by atoms with E-state index in [9.17, 15) is 14.4 Å². The molecular weight excluding hydrogens is 606 g/mol. The van der Waals surface area contributed by atoms with Crippen LogP contribution in [0.2, 0.25) is 0 Å². The lowest BCUT2D eigenvalue weighted by Gasteiger charge is -2.31. The number of benzene rings is 3. The Labute approximate surface area is 277 Å². The summed E-state index contributed by atoms with van der Waals surface area (Å²) in [7, 11) is 1.88. The maximum Gasteiger partial charge on any atom is 0.255 e. The Morgan fingerprint density at radius 2 is 1.73 bits per heavy atom. The minimum absolute atomic E-state index is 0.161. The second-order valence-corrected chi connectivity index (χ2v) is 12.8. The first kappa shape index (κ1) is 29.6. The summed E-state index contributed by atoms with van der Waals surface area (Å²) in [6.45, 7) is 6.07. The first-order chi connectivity index (χ1) is 23.2. The molecular formula is C36H35N9O3. The highest BCUT2D eigenvalue weighted by Gasteiger charge is 2.39. The maximum absolute atomic E-state index is 13.2. The molecule has 0 spiro atoms. The molecule has 0 aliphatic carbocycles. The lowest BCUT2D eigenvalue weighted by molar-refractivity contribution is -0.136. The molecule has 1 fully saturated rings. The molecule has 12 heteroatoms. The van der Waals surface area contributed by atoms with Crippen molar-refractivity contribution in [2.75, 3.05) is 22.1 Å². The van der Waals surface area contributed by atoms with Gasteiger partial charge >= 0.3 is 0 Å². The smallest absolute Gasteiger partial charge is 0.255 e. The van der Waals surface area contributed by atoms with E-state index in [1.165, 1.54) is 11.1 Å². The number of hydrogen-bond donors (Lipinski definition) is 3. The van der Waals surface area contributed by atoms with Gasteiger partial charge in [-0.05, 0) is 84.8 Å². The maximum atomic E-state index is 13.2. The highest BCUT2D eigenvalue weighted by molar-refractivity contribution is 6.05. The monoisotopic (exact) mass is 641 g/mol. The molecule has 48 heavy (non-hydrogen) atoms. The number of imide groups is 1. The number of nitrogens with one attached hydrogen (secondary N) is 3. The van der Waals surface area contributed by atoms with E-state index in [4.69, 9.17) is 4.98 Å². The van der Waals surface area contributed by atoms with Crippen LogP contribution in [0.1, 0.15) is 51.0 Å². The van der Waals surface area contributed by atoms with E-state index in [-0.39, 0.29) is 18.2 Å². The van der Waals surface area contributed by atoms with Gasteiger partial charge in [0.15, 0.2) is 11.5 Å². The third-order valence-corrected chi connectivity index (χ3v) is 9.65. The van der Waals surface area contributed by atoms with E-state index in [2.05, 4.69) is 81.2 Å². The minimum atomic E-state index is -0.622. The summed E-state index contributed by atoms with van der Waals surface area (Å²) in [5, 5.41) is 14.8. The molecule has 8 rings (SSSR count). The summed E-state index contributed by atoms with van der Waals surface area (Å²) in [6, 6.07) is 17.8. The normalized spacial score (nSPS) is 17.4. The second-order valence-electron chi connectivity index (χ2n) is 12.8. The zero-order chi connectivity index (χ0) is 33.1. The number of amides is 3. The lowest BCUT2D eigenvalue weighted by atomic mass is 9.98. The fraction of sp³-hybridized carbons (Fsp3) is 0.278. The number of hydrogen-bond acceptors (Lipinski definition) is 9. The van der Waals surface area contributed by atoms with Crippen molar-refractivity contribution in [3.63, 3.8) is 0 Å². The van der Waals surface area contributed by atoms with Crippen LogP contribution in [0.15, 0.2) is 60.8 Å². The average molecular weight is 642 g/mol. The first-order valence-corrected chi connectivity index (χ1v) is 16.2. The summed E-state index contributed by atoms with van der Waals surface area (Å²) >= 11 is 0. The molecule has 0 bridgehead atoms. The lowest BCUT2D eigenvalue weighted by Crippen LogP contribution is -2.52. The Kier molecular flexibility index (Phi) is 7.08. The summed E-state index contributed by atoms with van der Waals surface area (Å²) < 4.78 is 1.76. The molecule has 5 aromatic rings. The number of carbonyl (C=O) groups is 3. The van der Waals surface area contributed by atoms with E-state index >= 15 is 0 Å². The molecule has 12 nitrogen and oxygen atoms in total. The average Bonchev–Trinajstić information content (AvgIpc) is 3.57. The topological polar surface area (TPSA) is 137 Å². The van der Waals surface area contributed by atoms with Crippen molar-refractivity contribution in [2.24, 2.45) is 7.05 Å². The quantitative estimate of drug-likeness (QED) is 0.224. The third kappa shape index (κ3) is 5.19. The molecule has 0 saturated carbocycles. The van der Waals surface area contributed by atoms with Gasteiger partial charge < -0.3 is 20.4 Å². The predicted octanol–water partition coefficient (Wildman–Crippen LogP) is 4.79. The van der Waals surface area contributed by atoms with Crippen molar-refractivity contribution in [3.05, 3.63) is 94.2 Å². The molecule has 242 valence electrons. The van der Waals surface area contributed by atoms with Crippen molar-refractivity contribution >= 4 is 57.6 Å². The molecule has 1 saturated heterocycles. The Balaban J connectivity index is 0.984. The van der Waals surface area contributed by atoms with Gasteiger partial charge in [-0.3, -0.25) is 19.7 Å². The zero-order valence-electron chi connectivity index (χ0n) is 27.0. The number of para-hydroxylation sites is 1. The van der Waals surface area contributed by atoms with E-state index in [1.54, 1.807) is 15.8 Å². The number of anilines is 5. The van der Waals surface area contributed by atoms with Gasteiger partial charge in [-0.15, -0.1) is 0 Å². The van der Waals surface area contributed by atoms with Crippen LogP contribution in [0, 0.1) is 13.8 Å². The van der Waals surface area contributed by atoms with E-state index in [0.29, 0.717) is 36.8 Å². The Hall–Kier alpha value is -5.78. The number of aromatic nitrogens is 4. The zero-order valence-corrected chi connectivity index (χ0v) is 27.0. The van der Waals surface area contributed by atoms with Crippen molar-refractivity contribution in [1.82, 2.24) is 30.0 Å². The number of nitrogens with zero attached hydrogens (tertiary/aromatic N) is 6. The van der Waals surface area contributed by atoms with Gasteiger partial charge in [-0.1, -0.05) is 24.3 Å². The van der Waals surface area contributed by atoms with Gasteiger partial charge in [0.05, 0.1) is 5.39 Å². The van der Waals surface area contributed by atoms with Crippen molar-refractivity contribution < 1.29 is 14.4 Å². The summed E-state index contributed by atoms with van der Waals surface area (Å²) in [5.74, 6) is 0.353. The summed E-state index contributed by atoms with van der Waals surface area (Å²) in [6.07, 6.45) is 3.28. The predicted molar refractivity (Wildman–Crippen MR) is 182 cm³/mol. The van der Waals surface area contributed by atoms with Gasteiger partial charge in [-0.25, -0.2) is 9.67 Å². The number of piperidine rings is 1. The fourth-order valence-corrected chi connectivity index (χ4v) is 7.06. The van der Waals surface area contributed by atoms with Crippen molar-refractivity contribution in [3.8, 4) is 0 Å². The molecule has 3 amide bonds. The van der Waals surface area contributed by atoms with Crippen LogP contribution in [0.25, 0.3) is 11.0 Å². The second kappa shape index (κ2) is 11.5. The minimum Gasteiger partial charge on any atom is -0.367 e. The standard InChI is InChI=1S/C36H35N9O3/c1-20-5-4-6-21(2)31(20)40-32-28-17-37-36(41-33(28)43(3)42-32)38-25-8-7-22-13-14-44(18-23(22)15-25)26-9-10-27-24(16-26)19-45(35(27)48)29-11-12-30(46)39-34(29)47/h4-10,15-17,29H,11-14,18-19H2,1-3H3,(H,40,42)(H,37,38,41)(H,39,46,47). The molecule has 5 heterocycles. The van der Waals surface area contributed by atoms with Gasteiger partial charge in [0, 0.05) is 61.9 Å². The van der Waals surface area contributed by atoms with E-state index in [1.807, 2.05) is 25.2 Å².